The van der Waals surface area contributed by atoms with Crippen molar-refractivity contribution in [3.05, 3.63) is 34.4 Å². The fourth-order valence-electron chi connectivity index (χ4n) is 4.56. The molecule has 1 aromatic carbocycles. The zero-order valence-electron chi connectivity index (χ0n) is 23.9. The Balaban J connectivity index is 3.17. The molecule has 0 amide bonds. The number of carbonyl (C=O) groups excluding carboxylic acids is 2. The molecule has 0 unspecified atom stereocenters. The van der Waals surface area contributed by atoms with Gasteiger partial charge in [-0.15, -0.1) is 0 Å². The first-order chi connectivity index (χ1) is 17.6. The minimum atomic E-state index is -0.402. The molecule has 0 aliphatic rings. The number of esters is 2. The minimum absolute atomic E-state index is 0.364. The number of benzene rings is 1. The zero-order chi connectivity index (χ0) is 26.4. The zero-order valence-corrected chi connectivity index (χ0v) is 23.9. The summed E-state index contributed by atoms with van der Waals surface area (Å²) in [5.41, 5.74) is 3.06. The lowest BCUT2D eigenvalue weighted by atomic mass is 9.89. The van der Waals surface area contributed by atoms with Gasteiger partial charge in [0, 0.05) is 0 Å². The molecule has 0 heterocycles. The first-order valence-electron chi connectivity index (χ1n) is 15.1. The highest BCUT2D eigenvalue weighted by Gasteiger charge is 2.25. The second kappa shape index (κ2) is 21.3. The maximum Gasteiger partial charge on any atom is 0.339 e. The van der Waals surface area contributed by atoms with Gasteiger partial charge in [0.2, 0.25) is 0 Å². The van der Waals surface area contributed by atoms with Gasteiger partial charge in [0.1, 0.15) is 0 Å². The maximum absolute atomic E-state index is 13.3. The highest BCUT2D eigenvalue weighted by molar-refractivity contribution is 6.04. The van der Waals surface area contributed by atoms with Gasteiger partial charge in [-0.25, -0.2) is 9.59 Å². The van der Waals surface area contributed by atoms with Crippen LogP contribution in [0.25, 0.3) is 0 Å². The summed E-state index contributed by atoms with van der Waals surface area (Å²) in [6.07, 6.45) is 19.9. The van der Waals surface area contributed by atoms with Gasteiger partial charge in [-0.3, -0.25) is 0 Å². The predicted molar refractivity (Wildman–Crippen MR) is 151 cm³/mol. The molecule has 0 radical (unpaired) electrons. The number of unbranched alkanes of at least 4 members (excludes halogenated alkanes) is 12. The minimum Gasteiger partial charge on any atom is -0.462 e. The Labute approximate surface area is 221 Å². The number of hydrogen-bond donors (Lipinski definition) is 0. The SMILES string of the molecule is CCCCCCCCc1ccc(C(=O)OCCCC)c(C(=O)OCCCC)c1CCCCCCCC. The molecule has 0 atom stereocenters. The first kappa shape index (κ1) is 32.2. The van der Waals surface area contributed by atoms with Crippen molar-refractivity contribution in [3.63, 3.8) is 0 Å². The summed E-state index contributed by atoms with van der Waals surface area (Å²) in [4.78, 5) is 26.4. The van der Waals surface area contributed by atoms with Crippen molar-refractivity contribution in [2.24, 2.45) is 0 Å². The lowest BCUT2D eigenvalue weighted by molar-refractivity contribution is 0.0451. The molecule has 0 aliphatic heterocycles. The van der Waals surface area contributed by atoms with Crippen LogP contribution >= 0.6 is 0 Å². The van der Waals surface area contributed by atoms with Gasteiger partial charge in [-0.2, -0.15) is 0 Å². The summed E-state index contributed by atoms with van der Waals surface area (Å²) >= 11 is 0. The predicted octanol–water partition coefficient (Wildman–Crippen LogP) is 9.41. The summed E-state index contributed by atoms with van der Waals surface area (Å²) in [6.45, 7) is 9.39. The maximum atomic E-state index is 13.3. The topological polar surface area (TPSA) is 52.6 Å². The van der Waals surface area contributed by atoms with Crippen LogP contribution in [0.15, 0.2) is 12.1 Å². The molecule has 4 heteroatoms. The average Bonchev–Trinajstić information content (AvgIpc) is 2.88. The Kier molecular flexibility index (Phi) is 19.0. The third-order valence-corrected chi connectivity index (χ3v) is 6.88. The second-order valence-corrected chi connectivity index (χ2v) is 10.1. The summed E-state index contributed by atoms with van der Waals surface area (Å²) in [7, 11) is 0. The van der Waals surface area contributed by atoms with E-state index in [1.807, 2.05) is 6.07 Å². The molecule has 0 spiro atoms. The van der Waals surface area contributed by atoms with Crippen molar-refractivity contribution in [2.75, 3.05) is 13.2 Å². The molecule has 0 N–H and O–H groups in total. The average molecular weight is 503 g/mol. The number of carbonyl (C=O) groups is 2. The molecule has 0 aliphatic carbocycles. The molecular weight excluding hydrogens is 448 g/mol. The van der Waals surface area contributed by atoms with Crippen LogP contribution in [-0.4, -0.2) is 25.2 Å². The van der Waals surface area contributed by atoms with E-state index >= 15 is 0 Å². The van der Waals surface area contributed by atoms with E-state index in [2.05, 4.69) is 33.8 Å². The second-order valence-electron chi connectivity index (χ2n) is 10.1. The van der Waals surface area contributed by atoms with E-state index in [1.165, 1.54) is 63.4 Å². The van der Waals surface area contributed by atoms with Gasteiger partial charge in [-0.1, -0.05) is 111 Å². The smallest absolute Gasteiger partial charge is 0.339 e. The van der Waals surface area contributed by atoms with Crippen molar-refractivity contribution < 1.29 is 19.1 Å². The number of rotatable bonds is 22. The number of aryl methyl sites for hydroxylation is 1. The van der Waals surface area contributed by atoms with E-state index in [4.69, 9.17) is 9.47 Å². The summed E-state index contributed by atoms with van der Waals surface area (Å²) in [6, 6.07) is 3.87. The van der Waals surface area contributed by atoms with Crippen molar-refractivity contribution in [3.8, 4) is 0 Å². The monoisotopic (exact) mass is 502 g/mol. The van der Waals surface area contributed by atoms with Crippen LogP contribution in [0.5, 0.6) is 0 Å². The van der Waals surface area contributed by atoms with Gasteiger partial charge >= 0.3 is 11.9 Å². The summed E-state index contributed by atoms with van der Waals surface area (Å²) < 4.78 is 11.2. The molecule has 0 fully saturated rings. The fraction of sp³-hybridized carbons (Fsp3) is 0.750. The highest BCUT2D eigenvalue weighted by Crippen LogP contribution is 2.26. The van der Waals surface area contributed by atoms with Crippen molar-refractivity contribution in [2.45, 2.75) is 143 Å². The lowest BCUT2D eigenvalue weighted by Crippen LogP contribution is -2.19. The van der Waals surface area contributed by atoms with Crippen LogP contribution in [0.2, 0.25) is 0 Å². The van der Waals surface area contributed by atoms with Crippen molar-refractivity contribution in [1.82, 2.24) is 0 Å². The third-order valence-electron chi connectivity index (χ3n) is 6.88. The standard InChI is InChI=1S/C32H54O4/c1-5-9-13-15-17-19-21-27-23-24-29(31(33)35-25-11-7-3)30(32(34)36-26-12-8-4)28(27)22-20-18-16-14-10-6-2/h23-24H,5-22,25-26H2,1-4H3. The van der Waals surface area contributed by atoms with Crippen molar-refractivity contribution in [1.29, 1.82) is 0 Å². The van der Waals surface area contributed by atoms with Gasteiger partial charge in [0.25, 0.3) is 0 Å². The summed E-state index contributed by atoms with van der Waals surface area (Å²) in [5.74, 6) is -0.766. The molecule has 36 heavy (non-hydrogen) atoms. The Hall–Kier alpha value is -1.84. The highest BCUT2D eigenvalue weighted by atomic mass is 16.5. The van der Waals surface area contributed by atoms with Gasteiger partial charge in [0.15, 0.2) is 0 Å². The van der Waals surface area contributed by atoms with Crippen LogP contribution in [-0.2, 0) is 22.3 Å². The van der Waals surface area contributed by atoms with E-state index in [-0.39, 0.29) is 5.97 Å². The Morgan fingerprint density at radius 3 is 1.58 bits per heavy atom. The number of hydrogen-bond acceptors (Lipinski definition) is 4. The normalized spacial score (nSPS) is 11.0. The van der Waals surface area contributed by atoms with E-state index in [1.54, 1.807) is 0 Å². The van der Waals surface area contributed by atoms with Crippen LogP contribution < -0.4 is 0 Å². The first-order valence-corrected chi connectivity index (χ1v) is 15.1. The van der Waals surface area contributed by atoms with Crippen LogP contribution in [0.1, 0.15) is 162 Å². The molecule has 4 nitrogen and oxygen atoms in total. The largest absolute Gasteiger partial charge is 0.462 e. The van der Waals surface area contributed by atoms with E-state index < -0.39 is 5.97 Å². The quantitative estimate of drug-likeness (QED) is 0.117. The van der Waals surface area contributed by atoms with Crippen LogP contribution in [0.4, 0.5) is 0 Å². The fourth-order valence-corrected chi connectivity index (χ4v) is 4.56. The Morgan fingerprint density at radius 1 is 0.556 bits per heavy atom. The molecule has 0 saturated heterocycles. The van der Waals surface area contributed by atoms with Gasteiger partial charge in [0.05, 0.1) is 24.3 Å². The van der Waals surface area contributed by atoms with Crippen LogP contribution in [0.3, 0.4) is 0 Å². The van der Waals surface area contributed by atoms with Crippen LogP contribution in [0, 0.1) is 0 Å². The molecule has 0 bridgehead atoms. The van der Waals surface area contributed by atoms with E-state index in [0.29, 0.717) is 24.3 Å². The van der Waals surface area contributed by atoms with Gasteiger partial charge in [-0.05, 0) is 55.7 Å². The van der Waals surface area contributed by atoms with Crippen molar-refractivity contribution >= 4 is 11.9 Å². The van der Waals surface area contributed by atoms with Gasteiger partial charge < -0.3 is 9.47 Å². The van der Waals surface area contributed by atoms with E-state index in [9.17, 15) is 9.59 Å². The molecule has 1 aromatic rings. The Bertz CT molecular complexity index is 725. The number of ether oxygens (including phenoxy) is 2. The lowest BCUT2D eigenvalue weighted by Gasteiger charge is -2.18. The van der Waals surface area contributed by atoms with E-state index in [0.717, 1.165) is 63.4 Å². The summed E-state index contributed by atoms with van der Waals surface area (Å²) in [5, 5.41) is 0. The molecule has 0 aromatic heterocycles. The third kappa shape index (κ3) is 12.9. The molecule has 0 saturated carbocycles. The molecular formula is C32H54O4. The molecule has 1 rings (SSSR count). The Morgan fingerprint density at radius 2 is 1.03 bits per heavy atom. The molecule has 206 valence electrons.